The number of amides is 2. The van der Waals surface area contributed by atoms with Gasteiger partial charge in [-0.3, -0.25) is 9.59 Å². The molecule has 1 N–H and O–H groups in total. The molecular formula is C18H28N4O2S2. The van der Waals surface area contributed by atoms with Crippen LogP contribution in [-0.2, 0) is 9.59 Å². The number of rotatable bonds is 3. The molecule has 6 nitrogen and oxygen atoms in total. The van der Waals surface area contributed by atoms with E-state index >= 15 is 0 Å². The molecular weight excluding hydrogens is 368 g/mol. The summed E-state index contributed by atoms with van der Waals surface area (Å²) in [5, 5.41) is 6.48. The van der Waals surface area contributed by atoms with E-state index < -0.39 is 5.41 Å². The van der Waals surface area contributed by atoms with Crippen molar-refractivity contribution in [3.05, 3.63) is 11.1 Å². The monoisotopic (exact) mass is 396 g/mol. The van der Waals surface area contributed by atoms with Gasteiger partial charge < -0.3 is 15.1 Å². The zero-order valence-electron chi connectivity index (χ0n) is 15.9. The van der Waals surface area contributed by atoms with Crippen molar-refractivity contribution in [2.24, 2.45) is 5.41 Å². The number of hydrogen-bond donors (Lipinski definition) is 1. The molecule has 1 aromatic rings. The maximum absolute atomic E-state index is 13.0. The van der Waals surface area contributed by atoms with Gasteiger partial charge in [0.2, 0.25) is 11.8 Å². The van der Waals surface area contributed by atoms with Gasteiger partial charge in [0.1, 0.15) is 6.04 Å². The summed E-state index contributed by atoms with van der Waals surface area (Å²) in [4.78, 5) is 33.8. The van der Waals surface area contributed by atoms with Crippen molar-refractivity contribution in [1.82, 2.24) is 14.8 Å². The first-order valence-electron chi connectivity index (χ1n) is 9.12. The zero-order chi connectivity index (χ0) is 18.9. The van der Waals surface area contributed by atoms with Crippen molar-refractivity contribution in [3.8, 4) is 0 Å². The lowest BCUT2D eigenvalue weighted by Gasteiger charge is -2.36. The average molecular weight is 397 g/mol. The van der Waals surface area contributed by atoms with Crippen molar-refractivity contribution < 1.29 is 9.59 Å². The fraction of sp³-hybridized carbons (Fsp3) is 0.722. The number of thiazole rings is 1. The predicted molar refractivity (Wildman–Crippen MR) is 107 cm³/mol. The number of carbonyl (C=O) groups excluding carboxylic acids is 2. The molecule has 3 heterocycles. The van der Waals surface area contributed by atoms with Crippen LogP contribution < -0.4 is 5.32 Å². The Balaban J connectivity index is 1.55. The van der Waals surface area contributed by atoms with Crippen LogP contribution in [0.25, 0.3) is 0 Å². The summed E-state index contributed by atoms with van der Waals surface area (Å²) in [6.45, 7) is 9.21. The fourth-order valence-electron chi connectivity index (χ4n) is 3.33. The first-order valence-corrected chi connectivity index (χ1v) is 11.2. The highest BCUT2D eigenvalue weighted by atomic mass is 32.2. The van der Waals surface area contributed by atoms with E-state index in [1.54, 1.807) is 28.0 Å². The summed E-state index contributed by atoms with van der Waals surface area (Å²) in [5.74, 6) is 1.50. The van der Waals surface area contributed by atoms with Crippen LogP contribution >= 0.6 is 23.1 Å². The number of thioether (sulfide) groups is 1. The first-order chi connectivity index (χ1) is 12.3. The summed E-state index contributed by atoms with van der Waals surface area (Å²) >= 11 is 3.30. The molecule has 26 heavy (non-hydrogen) atoms. The highest BCUT2D eigenvalue weighted by Crippen LogP contribution is 2.29. The molecule has 0 aromatic carbocycles. The van der Waals surface area contributed by atoms with Gasteiger partial charge in [0.05, 0.1) is 11.6 Å². The summed E-state index contributed by atoms with van der Waals surface area (Å²) in [6.07, 6.45) is 1.83. The molecule has 0 spiro atoms. The average Bonchev–Trinajstić information content (AvgIpc) is 3.22. The Bertz CT molecular complexity index is 662. The van der Waals surface area contributed by atoms with Crippen LogP contribution in [0.5, 0.6) is 0 Å². The van der Waals surface area contributed by atoms with E-state index in [1.807, 2.05) is 38.0 Å². The molecule has 0 aliphatic carbocycles. The van der Waals surface area contributed by atoms with Crippen molar-refractivity contribution >= 4 is 40.0 Å². The lowest BCUT2D eigenvalue weighted by atomic mass is 9.94. The second-order valence-corrected chi connectivity index (χ2v) is 9.94. The van der Waals surface area contributed by atoms with E-state index in [9.17, 15) is 9.59 Å². The van der Waals surface area contributed by atoms with Gasteiger partial charge in [0, 0.05) is 35.7 Å². The fourth-order valence-corrected chi connectivity index (χ4v) is 5.24. The number of hydrogen-bond acceptors (Lipinski definition) is 6. The molecule has 0 saturated carbocycles. The standard InChI is InChI=1S/C18H28N4O2S2/c1-12-9-26-17(19-12)20-13-5-7-21(8-6-13)15(23)14-10-25-11-22(14)16(24)18(2,3)4/h9,13-14H,5-8,10-11H2,1-4H3,(H,19,20)/t14-/m0/s1. The van der Waals surface area contributed by atoms with Crippen LogP contribution in [0.2, 0.25) is 0 Å². The Hall–Kier alpha value is -1.28. The number of nitrogens with one attached hydrogen (secondary N) is 1. The number of aromatic nitrogens is 1. The van der Waals surface area contributed by atoms with Crippen molar-refractivity contribution in [2.45, 2.75) is 52.6 Å². The molecule has 144 valence electrons. The van der Waals surface area contributed by atoms with Gasteiger partial charge in [-0.25, -0.2) is 4.98 Å². The maximum Gasteiger partial charge on any atom is 0.246 e. The molecule has 2 amide bonds. The Morgan fingerprint density at radius 2 is 1.96 bits per heavy atom. The Morgan fingerprint density at radius 1 is 1.27 bits per heavy atom. The molecule has 2 aliphatic rings. The smallest absolute Gasteiger partial charge is 0.246 e. The van der Waals surface area contributed by atoms with Crippen LogP contribution in [0, 0.1) is 12.3 Å². The van der Waals surface area contributed by atoms with Crippen LogP contribution in [0.15, 0.2) is 5.38 Å². The highest BCUT2D eigenvalue weighted by Gasteiger charge is 2.41. The van der Waals surface area contributed by atoms with Crippen LogP contribution in [0.3, 0.4) is 0 Å². The summed E-state index contributed by atoms with van der Waals surface area (Å²) in [7, 11) is 0. The summed E-state index contributed by atoms with van der Waals surface area (Å²) in [5.41, 5.74) is 0.582. The third kappa shape index (κ3) is 4.34. The quantitative estimate of drug-likeness (QED) is 0.851. The number of anilines is 1. The third-order valence-corrected chi connectivity index (χ3v) is 6.73. The lowest BCUT2D eigenvalue weighted by Crippen LogP contribution is -2.53. The van der Waals surface area contributed by atoms with Crippen LogP contribution in [-0.4, -0.2) is 63.4 Å². The second-order valence-electron chi connectivity index (χ2n) is 8.08. The Morgan fingerprint density at radius 3 is 2.54 bits per heavy atom. The number of carbonyl (C=O) groups is 2. The van der Waals surface area contributed by atoms with Gasteiger partial charge in [-0.15, -0.1) is 23.1 Å². The van der Waals surface area contributed by atoms with E-state index in [0.29, 0.717) is 17.7 Å². The van der Waals surface area contributed by atoms with Crippen LogP contribution in [0.1, 0.15) is 39.3 Å². The highest BCUT2D eigenvalue weighted by molar-refractivity contribution is 7.99. The molecule has 2 fully saturated rings. The molecule has 2 saturated heterocycles. The van der Waals surface area contributed by atoms with E-state index in [1.165, 1.54) is 0 Å². The van der Waals surface area contributed by atoms with Gasteiger partial charge in [0.15, 0.2) is 5.13 Å². The zero-order valence-corrected chi connectivity index (χ0v) is 17.6. The molecule has 1 aromatic heterocycles. The lowest BCUT2D eigenvalue weighted by molar-refractivity contribution is -0.148. The van der Waals surface area contributed by atoms with Gasteiger partial charge in [-0.2, -0.15) is 0 Å². The van der Waals surface area contributed by atoms with E-state index in [-0.39, 0.29) is 17.9 Å². The molecule has 1 atom stereocenters. The SMILES string of the molecule is Cc1csc(NC2CCN(C(=O)[C@@H]3CSCN3C(=O)C(C)(C)C)CC2)n1. The molecule has 8 heteroatoms. The Labute approximate surface area is 163 Å². The topological polar surface area (TPSA) is 65.5 Å². The number of nitrogens with zero attached hydrogens (tertiary/aromatic N) is 3. The number of piperidine rings is 1. The van der Waals surface area contributed by atoms with Crippen LogP contribution in [0.4, 0.5) is 5.13 Å². The van der Waals surface area contributed by atoms with Crippen molar-refractivity contribution in [2.75, 3.05) is 30.0 Å². The minimum absolute atomic E-state index is 0.0662. The minimum Gasteiger partial charge on any atom is -0.359 e. The Kier molecular flexibility index (Phi) is 5.81. The van der Waals surface area contributed by atoms with Gasteiger partial charge in [-0.1, -0.05) is 20.8 Å². The minimum atomic E-state index is -0.452. The number of likely N-dealkylation sites (tertiary alicyclic amines) is 1. The first kappa shape index (κ1) is 19.5. The van der Waals surface area contributed by atoms with Gasteiger partial charge >= 0.3 is 0 Å². The molecule has 0 unspecified atom stereocenters. The molecule has 2 aliphatic heterocycles. The third-order valence-electron chi connectivity index (χ3n) is 4.82. The number of aryl methyl sites for hydroxylation is 1. The van der Waals surface area contributed by atoms with Crippen molar-refractivity contribution in [1.29, 1.82) is 0 Å². The van der Waals surface area contributed by atoms with Gasteiger partial charge in [-0.05, 0) is 19.8 Å². The molecule has 3 rings (SSSR count). The van der Waals surface area contributed by atoms with Crippen molar-refractivity contribution in [3.63, 3.8) is 0 Å². The predicted octanol–water partition coefficient (Wildman–Crippen LogP) is 2.80. The molecule has 0 radical (unpaired) electrons. The van der Waals surface area contributed by atoms with Gasteiger partial charge in [0.25, 0.3) is 0 Å². The second kappa shape index (κ2) is 7.76. The normalized spacial score (nSPS) is 21.9. The van der Waals surface area contributed by atoms with E-state index in [4.69, 9.17) is 0 Å². The molecule has 0 bridgehead atoms. The summed E-state index contributed by atoms with van der Waals surface area (Å²) in [6, 6.07) is 0.0488. The summed E-state index contributed by atoms with van der Waals surface area (Å²) < 4.78 is 0. The largest absolute Gasteiger partial charge is 0.359 e. The maximum atomic E-state index is 13.0. The van der Waals surface area contributed by atoms with E-state index in [0.717, 1.165) is 36.8 Å². The van der Waals surface area contributed by atoms with E-state index in [2.05, 4.69) is 10.3 Å².